The van der Waals surface area contributed by atoms with Crippen molar-refractivity contribution in [1.82, 2.24) is 0 Å². The lowest BCUT2D eigenvalue weighted by Crippen LogP contribution is -2.18. The van der Waals surface area contributed by atoms with Gasteiger partial charge < -0.3 is 0 Å². The van der Waals surface area contributed by atoms with Crippen LogP contribution in [0, 0.1) is 17.3 Å². The first-order valence-corrected chi connectivity index (χ1v) is 4.60. The van der Waals surface area contributed by atoms with Crippen molar-refractivity contribution in [1.29, 1.82) is 0 Å². The molecule has 0 N–H and O–H groups in total. The maximum absolute atomic E-state index is 3.87. The largest absolute Gasteiger partial charge is 0.102 e. The molecule has 0 unspecified atom stereocenters. The Morgan fingerprint density at radius 1 is 1.08 bits per heavy atom. The molecule has 0 atom stereocenters. The van der Waals surface area contributed by atoms with Crippen LogP contribution in [-0.4, -0.2) is 0 Å². The zero-order chi connectivity index (χ0) is 8.86. The standard InChI is InChI=1S/C12H16/c1-3-5-9-12(4-2)10-7-6-8-11-12/h3-4H,1-2,6-8,10-11H2. The summed E-state index contributed by atoms with van der Waals surface area (Å²) < 4.78 is 0. The Kier molecular flexibility index (Phi) is 3.17. The molecule has 0 nitrogen and oxygen atoms in total. The summed E-state index contributed by atoms with van der Waals surface area (Å²) in [7, 11) is 0. The number of allylic oxidation sites excluding steroid dienone is 2. The molecule has 64 valence electrons. The van der Waals surface area contributed by atoms with E-state index in [9.17, 15) is 0 Å². The average molecular weight is 160 g/mol. The van der Waals surface area contributed by atoms with Gasteiger partial charge in [-0.15, -0.1) is 6.58 Å². The van der Waals surface area contributed by atoms with Gasteiger partial charge in [0.25, 0.3) is 0 Å². The van der Waals surface area contributed by atoms with Crippen LogP contribution in [0.4, 0.5) is 0 Å². The van der Waals surface area contributed by atoms with Crippen LogP contribution >= 0.6 is 0 Å². The van der Waals surface area contributed by atoms with Gasteiger partial charge in [0.15, 0.2) is 0 Å². The first kappa shape index (κ1) is 9.13. The topological polar surface area (TPSA) is 0 Å². The summed E-state index contributed by atoms with van der Waals surface area (Å²) in [5, 5.41) is 0. The third kappa shape index (κ3) is 2.01. The fourth-order valence-electron chi connectivity index (χ4n) is 1.76. The summed E-state index contributed by atoms with van der Waals surface area (Å²) in [6.45, 7) is 7.48. The lowest BCUT2D eigenvalue weighted by Gasteiger charge is -2.28. The van der Waals surface area contributed by atoms with Crippen LogP contribution in [0.2, 0.25) is 0 Å². The van der Waals surface area contributed by atoms with Crippen molar-refractivity contribution in [2.45, 2.75) is 32.1 Å². The van der Waals surface area contributed by atoms with E-state index in [-0.39, 0.29) is 5.41 Å². The molecule has 0 radical (unpaired) electrons. The lowest BCUT2D eigenvalue weighted by atomic mass is 9.75. The monoisotopic (exact) mass is 160 g/mol. The van der Waals surface area contributed by atoms with E-state index in [1.165, 1.54) is 32.1 Å². The summed E-state index contributed by atoms with van der Waals surface area (Å²) in [6.07, 6.45) is 9.97. The maximum Gasteiger partial charge on any atom is 0.0494 e. The summed E-state index contributed by atoms with van der Waals surface area (Å²) in [4.78, 5) is 0. The highest BCUT2D eigenvalue weighted by Gasteiger charge is 2.25. The Labute approximate surface area is 75.4 Å². The van der Waals surface area contributed by atoms with Crippen molar-refractivity contribution >= 4 is 0 Å². The quantitative estimate of drug-likeness (QED) is 0.408. The number of hydrogen-bond acceptors (Lipinski definition) is 0. The van der Waals surface area contributed by atoms with E-state index in [0.717, 1.165) is 0 Å². The molecule has 1 rings (SSSR count). The van der Waals surface area contributed by atoms with E-state index >= 15 is 0 Å². The fraction of sp³-hybridized carbons (Fsp3) is 0.500. The summed E-state index contributed by atoms with van der Waals surface area (Å²) >= 11 is 0. The van der Waals surface area contributed by atoms with Crippen molar-refractivity contribution in [2.24, 2.45) is 5.41 Å². The normalized spacial score (nSPS) is 20.3. The van der Waals surface area contributed by atoms with Crippen LogP contribution in [0.25, 0.3) is 0 Å². The van der Waals surface area contributed by atoms with Gasteiger partial charge in [-0.05, 0) is 18.9 Å². The molecule has 1 aliphatic rings. The van der Waals surface area contributed by atoms with Crippen molar-refractivity contribution in [3.63, 3.8) is 0 Å². The molecule has 1 fully saturated rings. The third-order valence-electron chi connectivity index (χ3n) is 2.56. The lowest BCUT2D eigenvalue weighted by molar-refractivity contribution is 0.340. The Morgan fingerprint density at radius 3 is 2.25 bits per heavy atom. The van der Waals surface area contributed by atoms with Crippen molar-refractivity contribution < 1.29 is 0 Å². The molecule has 0 saturated heterocycles. The van der Waals surface area contributed by atoms with Crippen molar-refractivity contribution in [2.75, 3.05) is 0 Å². The van der Waals surface area contributed by atoms with Crippen LogP contribution in [0.3, 0.4) is 0 Å². The maximum atomic E-state index is 3.87. The first-order chi connectivity index (χ1) is 5.83. The number of rotatable bonds is 1. The predicted molar refractivity (Wildman–Crippen MR) is 53.7 cm³/mol. The molecule has 0 heteroatoms. The van der Waals surface area contributed by atoms with Crippen molar-refractivity contribution in [3.05, 3.63) is 25.3 Å². The molecule has 0 aromatic carbocycles. The minimum Gasteiger partial charge on any atom is -0.102 e. The zero-order valence-corrected chi connectivity index (χ0v) is 7.60. The van der Waals surface area contributed by atoms with Crippen LogP contribution in [0.1, 0.15) is 32.1 Å². The van der Waals surface area contributed by atoms with E-state index in [0.29, 0.717) is 0 Å². The molecule has 0 heterocycles. The highest BCUT2D eigenvalue weighted by molar-refractivity contribution is 5.24. The van der Waals surface area contributed by atoms with Gasteiger partial charge in [-0.2, -0.15) is 0 Å². The minimum absolute atomic E-state index is 0.104. The molecular weight excluding hydrogens is 144 g/mol. The zero-order valence-electron chi connectivity index (χ0n) is 7.60. The minimum atomic E-state index is 0.104. The molecule has 0 bridgehead atoms. The van der Waals surface area contributed by atoms with E-state index < -0.39 is 0 Å². The summed E-state index contributed by atoms with van der Waals surface area (Å²) in [6, 6.07) is 0. The van der Waals surface area contributed by atoms with Crippen LogP contribution in [-0.2, 0) is 0 Å². The smallest absolute Gasteiger partial charge is 0.0494 e. The van der Waals surface area contributed by atoms with Crippen LogP contribution in [0.15, 0.2) is 25.3 Å². The van der Waals surface area contributed by atoms with Gasteiger partial charge in [0.1, 0.15) is 0 Å². The van der Waals surface area contributed by atoms with Gasteiger partial charge in [0, 0.05) is 5.41 Å². The molecule has 0 aliphatic heterocycles. The second-order valence-corrected chi connectivity index (χ2v) is 3.39. The molecular formula is C12H16. The van der Waals surface area contributed by atoms with Gasteiger partial charge in [-0.25, -0.2) is 0 Å². The second-order valence-electron chi connectivity index (χ2n) is 3.39. The Balaban J connectivity index is 2.72. The van der Waals surface area contributed by atoms with Gasteiger partial charge in [0.2, 0.25) is 0 Å². The van der Waals surface area contributed by atoms with Gasteiger partial charge in [0.05, 0.1) is 0 Å². The molecule has 1 saturated carbocycles. The second kappa shape index (κ2) is 4.16. The molecule has 0 spiro atoms. The molecule has 12 heavy (non-hydrogen) atoms. The van der Waals surface area contributed by atoms with Crippen LogP contribution in [0.5, 0.6) is 0 Å². The van der Waals surface area contributed by atoms with Gasteiger partial charge in [-0.1, -0.05) is 43.8 Å². The van der Waals surface area contributed by atoms with E-state index in [4.69, 9.17) is 0 Å². The highest BCUT2D eigenvalue weighted by Crippen LogP contribution is 2.36. The van der Waals surface area contributed by atoms with E-state index in [2.05, 4.69) is 25.0 Å². The highest BCUT2D eigenvalue weighted by atomic mass is 14.3. The van der Waals surface area contributed by atoms with E-state index in [1.807, 2.05) is 6.08 Å². The number of hydrogen-bond donors (Lipinski definition) is 0. The SMILES string of the molecule is C=CC#CC1(C=C)CCCCC1. The Hall–Kier alpha value is -0.960. The molecule has 0 aromatic rings. The molecule has 0 aromatic heterocycles. The van der Waals surface area contributed by atoms with Crippen LogP contribution < -0.4 is 0 Å². The summed E-state index contributed by atoms with van der Waals surface area (Å²) in [5.74, 6) is 6.20. The summed E-state index contributed by atoms with van der Waals surface area (Å²) in [5.41, 5.74) is 0.104. The first-order valence-electron chi connectivity index (χ1n) is 4.60. The predicted octanol–water partition coefficient (Wildman–Crippen LogP) is 3.31. The van der Waals surface area contributed by atoms with Gasteiger partial charge >= 0.3 is 0 Å². The Morgan fingerprint density at radius 2 is 1.75 bits per heavy atom. The van der Waals surface area contributed by atoms with E-state index in [1.54, 1.807) is 6.08 Å². The van der Waals surface area contributed by atoms with Gasteiger partial charge in [-0.3, -0.25) is 0 Å². The molecule has 1 aliphatic carbocycles. The fourth-order valence-corrected chi connectivity index (χ4v) is 1.76. The Bertz CT molecular complexity index is 218. The van der Waals surface area contributed by atoms with Crippen molar-refractivity contribution in [3.8, 4) is 11.8 Å². The molecule has 0 amide bonds. The average Bonchev–Trinajstić information content (AvgIpc) is 2.16. The third-order valence-corrected chi connectivity index (χ3v) is 2.56.